The molecule has 80 valence electrons. The van der Waals surface area contributed by atoms with Gasteiger partial charge in [-0.1, -0.05) is 6.07 Å². The Morgan fingerprint density at radius 3 is 2.53 bits per heavy atom. The fraction of sp³-hybridized carbons (Fsp3) is 0.200. The molecule has 5 heteroatoms. The summed E-state index contributed by atoms with van der Waals surface area (Å²) in [5.41, 5.74) is 7.79. The quantitative estimate of drug-likeness (QED) is 0.666. The summed E-state index contributed by atoms with van der Waals surface area (Å²) < 4.78 is 0. The molecule has 0 aliphatic heterocycles. The monoisotopic (exact) mass is 223 g/mol. The van der Waals surface area contributed by atoms with Gasteiger partial charge in [0.2, 0.25) is 5.91 Å². The normalized spacial score (nSPS) is 9.47. The molecule has 0 aliphatic rings. The maximum absolute atomic E-state index is 11.0. The van der Waals surface area contributed by atoms with E-state index in [4.69, 9.17) is 18.0 Å². The van der Waals surface area contributed by atoms with Crippen molar-refractivity contribution >= 4 is 34.6 Å². The molecule has 1 amide bonds. The van der Waals surface area contributed by atoms with Crippen LogP contribution in [-0.2, 0) is 4.79 Å². The maximum atomic E-state index is 11.0. The fourth-order valence-electron chi connectivity index (χ4n) is 1.19. The fourth-order valence-corrected chi connectivity index (χ4v) is 1.30. The minimum absolute atomic E-state index is 0.133. The van der Waals surface area contributed by atoms with Crippen LogP contribution in [0.5, 0.6) is 0 Å². The van der Waals surface area contributed by atoms with E-state index >= 15 is 0 Å². The highest BCUT2D eigenvalue weighted by atomic mass is 32.1. The Morgan fingerprint density at radius 1 is 1.33 bits per heavy atom. The largest absolute Gasteiger partial charge is 0.376 e. The van der Waals surface area contributed by atoms with Crippen LogP contribution in [0.4, 0.5) is 11.4 Å². The van der Waals surface area contributed by atoms with Crippen LogP contribution in [0.1, 0.15) is 12.5 Å². The van der Waals surface area contributed by atoms with Crippen LogP contribution in [0.25, 0.3) is 0 Å². The molecule has 0 atom stereocenters. The SMILES string of the molecule is CC(=O)Nc1cc(C)ccc1NC(N)=S. The van der Waals surface area contributed by atoms with Crippen LogP contribution >= 0.6 is 12.2 Å². The highest BCUT2D eigenvalue weighted by Gasteiger charge is 2.04. The van der Waals surface area contributed by atoms with Crippen molar-refractivity contribution in [1.29, 1.82) is 0 Å². The van der Waals surface area contributed by atoms with Crippen molar-refractivity contribution in [3.8, 4) is 0 Å². The molecule has 1 aromatic rings. The predicted octanol–water partition coefficient (Wildman–Crippen LogP) is 1.61. The third kappa shape index (κ3) is 3.55. The first kappa shape index (κ1) is 11.5. The molecule has 0 fully saturated rings. The zero-order valence-electron chi connectivity index (χ0n) is 8.63. The Kier molecular flexibility index (Phi) is 3.62. The average Bonchev–Trinajstić information content (AvgIpc) is 2.08. The minimum Gasteiger partial charge on any atom is -0.376 e. The van der Waals surface area contributed by atoms with Crippen LogP contribution in [0.2, 0.25) is 0 Å². The molecule has 0 saturated carbocycles. The summed E-state index contributed by atoms with van der Waals surface area (Å²) >= 11 is 4.74. The Bertz CT molecular complexity index is 404. The summed E-state index contributed by atoms with van der Waals surface area (Å²) in [4.78, 5) is 11.0. The number of amides is 1. The molecule has 4 N–H and O–H groups in total. The maximum Gasteiger partial charge on any atom is 0.221 e. The van der Waals surface area contributed by atoms with E-state index in [2.05, 4.69) is 10.6 Å². The molecule has 0 bridgehead atoms. The highest BCUT2D eigenvalue weighted by Crippen LogP contribution is 2.22. The van der Waals surface area contributed by atoms with Gasteiger partial charge in [-0.25, -0.2) is 0 Å². The minimum atomic E-state index is -0.133. The molecule has 0 aromatic heterocycles. The first-order valence-electron chi connectivity index (χ1n) is 4.43. The molecular formula is C10H13N3OS. The van der Waals surface area contributed by atoms with E-state index in [0.717, 1.165) is 5.56 Å². The number of rotatable bonds is 2. The van der Waals surface area contributed by atoms with Gasteiger partial charge in [0.1, 0.15) is 0 Å². The van der Waals surface area contributed by atoms with Gasteiger partial charge in [-0.3, -0.25) is 4.79 Å². The Hall–Kier alpha value is -1.62. The second kappa shape index (κ2) is 4.75. The summed E-state index contributed by atoms with van der Waals surface area (Å²) in [6.07, 6.45) is 0. The molecule has 0 saturated heterocycles. The van der Waals surface area contributed by atoms with E-state index in [1.54, 1.807) is 0 Å². The van der Waals surface area contributed by atoms with Gasteiger partial charge in [0, 0.05) is 6.92 Å². The van der Waals surface area contributed by atoms with Gasteiger partial charge < -0.3 is 16.4 Å². The molecule has 4 nitrogen and oxygen atoms in total. The Labute approximate surface area is 93.9 Å². The number of hydrogen-bond acceptors (Lipinski definition) is 2. The van der Waals surface area contributed by atoms with E-state index in [9.17, 15) is 4.79 Å². The molecule has 0 heterocycles. The second-order valence-corrected chi connectivity index (χ2v) is 3.66. The number of benzene rings is 1. The number of aryl methyl sites for hydroxylation is 1. The molecule has 0 spiro atoms. The zero-order valence-corrected chi connectivity index (χ0v) is 9.44. The van der Waals surface area contributed by atoms with Crippen molar-refractivity contribution in [2.45, 2.75) is 13.8 Å². The van der Waals surface area contributed by atoms with Gasteiger partial charge in [0.05, 0.1) is 11.4 Å². The average molecular weight is 223 g/mol. The lowest BCUT2D eigenvalue weighted by Gasteiger charge is -2.11. The van der Waals surface area contributed by atoms with Gasteiger partial charge in [0.25, 0.3) is 0 Å². The van der Waals surface area contributed by atoms with Crippen molar-refractivity contribution in [2.24, 2.45) is 5.73 Å². The molecular weight excluding hydrogens is 210 g/mol. The first-order valence-corrected chi connectivity index (χ1v) is 4.84. The standard InChI is InChI=1S/C10H13N3OS/c1-6-3-4-8(13-10(11)15)9(5-6)12-7(2)14/h3-5H,1-2H3,(H,12,14)(H3,11,13,15). The van der Waals surface area contributed by atoms with E-state index in [1.807, 2.05) is 25.1 Å². The number of nitrogens with two attached hydrogens (primary N) is 1. The van der Waals surface area contributed by atoms with Crippen LogP contribution in [0.15, 0.2) is 18.2 Å². The lowest BCUT2D eigenvalue weighted by atomic mass is 10.2. The van der Waals surface area contributed by atoms with Crippen molar-refractivity contribution < 1.29 is 4.79 Å². The summed E-state index contributed by atoms with van der Waals surface area (Å²) in [5.74, 6) is -0.133. The molecule has 1 aromatic carbocycles. The lowest BCUT2D eigenvalue weighted by molar-refractivity contribution is -0.114. The number of carbonyl (C=O) groups excluding carboxylic acids is 1. The van der Waals surface area contributed by atoms with E-state index in [1.165, 1.54) is 6.92 Å². The van der Waals surface area contributed by atoms with Gasteiger partial charge >= 0.3 is 0 Å². The number of nitrogens with one attached hydrogen (secondary N) is 2. The molecule has 15 heavy (non-hydrogen) atoms. The van der Waals surface area contributed by atoms with Gasteiger partial charge in [0.15, 0.2) is 5.11 Å². The van der Waals surface area contributed by atoms with Crippen LogP contribution in [0, 0.1) is 6.92 Å². The van der Waals surface area contributed by atoms with Gasteiger partial charge in [-0.05, 0) is 36.8 Å². The molecule has 0 radical (unpaired) electrons. The van der Waals surface area contributed by atoms with Crippen LogP contribution < -0.4 is 16.4 Å². The summed E-state index contributed by atoms with van der Waals surface area (Å²) in [5, 5.41) is 5.68. The third-order valence-electron chi connectivity index (χ3n) is 1.74. The lowest BCUT2D eigenvalue weighted by Crippen LogP contribution is -2.20. The van der Waals surface area contributed by atoms with Crippen molar-refractivity contribution in [2.75, 3.05) is 10.6 Å². The Balaban J connectivity index is 3.02. The van der Waals surface area contributed by atoms with E-state index < -0.39 is 0 Å². The molecule has 1 rings (SSSR count). The summed E-state index contributed by atoms with van der Waals surface area (Å²) in [6, 6.07) is 5.58. The van der Waals surface area contributed by atoms with Gasteiger partial charge in [-0.2, -0.15) is 0 Å². The number of anilines is 2. The smallest absolute Gasteiger partial charge is 0.221 e. The molecule has 0 unspecified atom stereocenters. The van der Waals surface area contributed by atoms with Crippen molar-refractivity contribution in [3.63, 3.8) is 0 Å². The van der Waals surface area contributed by atoms with E-state index in [0.29, 0.717) is 11.4 Å². The zero-order chi connectivity index (χ0) is 11.4. The van der Waals surface area contributed by atoms with Crippen molar-refractivity contribution in [1.82, 2.24) is 0 Å². The predicted molar refractivity (Wildman–Crippen MR) is 65.9 cm³/mol. The first-order chi connectivity index (χ1) is 6.99. The summed E-state index contributed by atoms with van der Waals surface area (Å²) in [7, 11) is 0. The third-order valence-corrected chi connectivity index (χ3v) is 1.85. The van der Waals surface area contributed by atoms with Gasteiger partial charge in [-0.15, -0.1) is 0 Å². The number of thiocarbonyl (C=S) groups is 1. The van der Waals surface area contributed by atoms with Crippen LogP contribution in [-0.4, -0.2) is 11.0 Å². The number of hydrogen-bond donors (Lipinski definition) is 3. The highest BCUT2D eigenvalue weighted by molar-refractivity contribution is 7.80. The van der Waals surface area contributed by atoms with Crippen molar-refractivity contribution in [3.05, 3.63) is 23.8 Å². The Morgan fingerprint density at radius 2 is 2.00 bits per heavy atom. The second-order valence-electron chi connectivity index (χ2n) is 3.22. The van der Waals surface area contributed by atoms with Crippen LogP contribution in [0.3, 0.4) is 0 Å². The van der Waals surface area contributed by atoms with E-state index in [-0.39, 0.29) is 11.0 Å². The number of carbonyl (C=O) groups is 1. The topological polar surface area (TPSA) is 67.2 Å². The molecule has 0 aliphatic carbocycles. The summed E-state index contributed by atoms with van der Waals surface area (Å²) in [6.45, 7) is 3.39.